The van der Waals surface area contributed by atoms with Gasteiger partial charge in [0.1, 0.15) is 0 Å². The van der Waals surface area contributed by atoms with Crippen LogP contribution in [0.3, 0.4) is 0 Å². The minimum Gasteiger partial charge on any atom is -0.449 e. The number of ether oxygens (including phenoxy) is 1. The largest absolute Gasteiger partial charge is 0.449 e. The summed E-state index contributed by atoms with van der Waals surface area (Å²) in [4.78, 5) is 23.8. The molecule has 1 radical (unpaired) electrons. The molecule has 1 aliphatic carbocycles. The SMILES string of the molecule is CCCCCCCCCCCCCCCCCC(=O)OC1(C([NH])=O)CCCCC1. The van der Waals surface area contributed by atoms with Gasteiger partial charge in [0, 0.05) is 6.42 Å². The van der Waals surface area contributed by atoms with E-state index in [1.54, 1.807) is 0 Å². The Morgan fingerprint density at radius 1 is 0.690 bits per heavy atom. The van der Waals surface area contributed by atoms with Crippen LogP contribution in [0.1, 0.15) is 142 Å². The van der Waals surface area contributed by atoms with Crippen LogP contribution in [0.5, 0.6) is 0 Å². The van der Waals surface area contributed by atoms with Crippen molar-refractivity contribution in [1.82, 2.24) is 5.73 Å². The average Bonchev–Trinajstić information content (AvgIpc) is 2.71. The highest BCUT2D eigenvalue weighted by Crippen LogP contribution is 2.32. The van der Waals surface area contributed by atoms with E-state index < -0.39 is 11.5 Å². The van der Waals surface area contributed by atoms with Gasteiger partial charge < -0.3 is 4.74 Å². The second-order valence-corrected chi connectivity index (χ2v) is 9.06. The van der Waals surface area contributed by atoms with Gasteiger partial charge in [-0.2, -0.15) is 0 Å². The van der Waals surface area contributed by atoms with E-state index in [2.05, 4.69) is 6.92 Å². The zero-order valence-electron chi connectivity index (χ0n) is 19.1. The summed E-state index contributed by atoms with van der Waals surface area (Å²) in [7, 11) is 0. The highest BCUT2D eigenvalue weighted by Gasteiger charge is 2.42. The van der Waals surface area contributed by atoms with E-state index in [0.29, 0.717) is 19.3 Å². The van der Waals surface area contributed by atoms with Gasteiger partial charge in [0.05, 0.1) is 0 Å². The molecule has 0 spiro atoms. The van der Waals surface area contributed by atoms with Gasteiger partial charge in [0.15, 0.2) is 5.60 Å². The predicted octanol–water partition coefficient (Wildman–Crippen LogP) is 7.30. The second kappa shape index (κ2) is 16.7. The Hall–Kier alpha value is -1.06. The smallest absolute Gasteiger partial charge is 0.306 e. The molecule has 1 N–H and O–H groups in total. The first-order valence-electron chi connectivity index (χ1n) is 12.6. The fourth-order valence-electron chi connectivity index (χ4n) is 4.41. The third kappa shape index (κ3) is 12.3. The molecule has 0 aromatic heterocycles. The van der Waals surface area contributed by atoms with Crippen LogP contribution in [0.25, 0.3) is 0 Å². The normalized spacial score (nSPS) is 15.9. The number of carbonyl (C=O) groups excluding carboxylic acids is 2. The van der Waals surface area contributed by atoms with Crippen LogP contribution in [-0.2, 0) is 14.3 Å². The van der Waals surface area contributed by atoms with E-state index in [4.69, 9.17) is 10.5 Å². The van der Waals surface area contributed by atoms with E-state index in [-0.39, 0.29) is 5.97 Å². The molecule has 1 amide bonds. The molecule has 169 valence electrons. The van der Waals surface area contributed by atoms with Gasteiger partial charge in [-0.15, -0.1) is 0 Å². The maximum absolute atomic E-state index is 12.1. The Morgan fingerprint density at radius 2 is 1.10 bits per heavy atom. The van der Waals surface area contributed by atoms with Crippen LogP contribution < -0.4 is 5.73 Å². The van der Waals surface area contributed by atoms with Crippen molar-refractivity contribution in [2.24, 2.45) is 0 Å². The highest BCUT2D eigenvalue weighted by molar-refractivity contribution is 5.86. The summed E-state index contributed by atoms with van der Waals surface area (Å²) in [6.45, 7) is 2.27. The van der Waals surface area contributed by atoms with Crippen LogP contribution in [-0.4, -0.2) is 17.5 Å². The molecule has 0 saturated heterocycles. The van der Waals surface area contributed by atoms with Gasteiger partial charge in [-0.1, -0.05) is 103 Å². The van der Waals surface area contributed by atoms with Crippen LogP contribution >= 0.6 is 0 Å². The summed E-state index contributed by atoms with van der Waals surface area (Å²) in [6.07, 6.45) is 23.7. The highest BCUT2D eigenvalue weighted by atomic mass is 16.6. The van der Waals surface area contributed by atoms with Gasteiger partial charge >= 0.3 is 5.97 Å². The maximum Gasteiger partial charge on any atom is 0.306 e. The second-order valence-electron chi connectivity index (χ2n) is 9.06. The predicted molar refractivity (Wildman–Crippen MR) is 120 cm³/mol. The number of amides is 1. The zero-order valence-corrected chi connectivity index (χ0v) is 19.1. The van der Waals surface area contributed by atoms with Crippen molar-refractivity contribution in [3.8, 4) is 0 Å². The topological polar surface area (TPSA) is 67.2 Å². The lowest BCUT2D eigenvalue weighted by molar-refractivity contribution is -0.171. The van der Waals surface area contributed by atoms with Crippen LogP contribution in [0.2, 0.25) is 0 Å². The molecule has 1 fully saturated rings. The molecule has 0 unspecified atom stereocenters. The number of esters is 1. The number of hydrogen-bond acceptors (Lipinski definition) is 3. The Kier molecular flexibility index (Phi) is 15.0. The van der Waals surface area contributed by atoms with E-state index in [9.17, 15) is 9.59 Å². The average molecular weight is 409 g/mol. The van der Waals surface area contributed by atoms with Gasteiger partial charge in [-0.3, -0.25) is 15.3 Å². The molecule has 1 rings (SSSR count). The molecule has 0 aromatic rings. The monoisotopic (exact) mass is 408 g/mol. The lowest BCUT2D eigenvalue weighted by Crippen LogP contribution is -2.45. The van der Waals surface area contributed by atoms with Crippen molar-refractivity contribution >= 4 is 11.9 Å². The fourth-order valence-corrected chi connectivity index (χ4v) is 4.41. The molecular formula is C25H46NO3. The summed E-state index contributed by atoms with van der Waals surface area (Å²) in [6, 6.07) is 0. The van der Waals surface area contributed by atoms with Crippen molar-refractivity contribution in [2.75, 3.05) is 0 Å². The van der Waals surface area contributed by atoms with E-state index in [0.717, 1.165) is 32.1 Å². The summed E-state index contributed by atoms with van der Waals surface area (Å²) in [5.41, 5.74) is 6.36. The molecule has 1 saturated carbocycles. The van der Waals surface area contributed by atoms with E-state index in [1.165, 1.54) is 83.5 Å². The van der Waals surface area contributed by atoms with Gasteiger partial charge in [0.25, 0.3) is 5.91 Å². The summed E-state index contributed by atoms with van der Waals surface area (Å²) >= 11 is 0. The first-order valence-corrected chi connectivity index (χ1v) is 12.6. The zero-order chi connectivity index (χ0) is 21.2. The van der Waals surface area contributed by atoms with Crippen molar-refractivity contribution in [1.29, 1.82) is 0 Å². The Bertz CT molecular complexity index is 430. The molecule has 0 aliphatic heterocycles. The first kappa shape index (κ1) is 26.0. The number of carbonyl (C=O) groups is 2. The summed E-state index contributed by atoms with van der Waals surface area (Å²) in [5, 5.41) is 0. The Morgan fingerprint density at radius 3 is 1.52 bits per heavy atom. The number of rotatable bonds is 18. The number of hydrogen-bond donors (Lipinski definition) is 0. The summed E-state index contributed by atoms with van der Waals surface area (Å²) in [5.74, 6) is -1.01. The minimum atomic E-state index is -1.13. The molecule has 4 nitrogen and oxygen atoms in total. The molecule has 0 heterocycles. The van der Waals surface area contributed by atoms with E-state index >= 15 is 0 Å². The van der Waals surface area contributed by atoms with Gasteiger partial charge in [-0.05, 0) is 32.1 Å². The standard InChI is InChI=1S/C25H46NO3/c1-2-3-4-5-6-7-8-9-10-11-12-13-14-15-17-20-23(27)29-25(24(26)28)21-18-16-19-22-25/h26H,2-22H2,1H3. The Balaban J connectivity index is 1.90. The minimum absolute atomic E-state index is 0.290. The summed E-state index contributed by atoms with van der Waals surface area (Å²) < 4.78 is 5.48. The fraction of sp³-hybridized carbons (Fsp3) is 0.920. The quantitative estimate of drug-likeness (QED) is 0.176. The van der Waals surface area contributed by atoms with Crippen molar-refractivity contribution in [3.05, 3.63) is 0 Å². The molecule has 4 heteroatoms. The van der Waals surface area contributed by atoms with Crippen molar-refractivity contribution in [3.63, 3.8) is 0 Å². The van der Waals surface area contributed by atoms with Crippen molar-refractivity contribution < 1.29 is 14.3 Å². The molecule has 0 atom stereocenters. The van der Waals surface area contributed by atoms with Crippen LogP contribution in [0, 0.1) is 0 Å². The number of nitrogens with one attached hydrogen (secondary N) is 1. The molecule has 29 heavy (non-hydrogen) atoms. The third-order valence-electron chi connectivity index (χ3n) is 6.37. The van der Waals surface area contributed by atoms with E-state index in [1.807, 2.05) is 0 Å². The van der Waals surface area contributed by atoms with Crippen LogP contribution in [0.15, 0.2) is 0 Å². The maximum atomic E-state index is 12.1. The number of unbranched alkanes of at least 4 members (excludes halogenated alkanes) is 14. The molecular weight excluding hydrogens is 362 g/mol. The van der Waals surface area contributed by atoms with Crippen molar-refractivity contribution in [2.45, 2.75) is 147 Å². The lowest BCUT2D eigenvalue weighted by atomic mass is 9.84. The van der Waals surface area contributed by atoms with Crippen LogP contribution in [0.4, 0.5) is 0 Å². The van der Waals surface area contributed by atoms with Gasteiger partial charge in [-0.25, -0.2) is 0 Å². The lowest BCUT2D eigenvalue weighted by Gasteiger charge is -2.33. The Labute approximate surface area is 179 Å². The molecule has 0 bridgehead atoms. The molecule has 0 aromatic carbocycles. The van der Waals surface area contributed by atoms with Gasteiger partial charge in [0.2, 0.25) is 0 Å². The first-order chi connectivity index (χ1) is 14.1. The third-order valence-corrected chi connectivity index (χ3v) is 6.37. The molecule has 1 aliphatic rings.